The Morgan fingerprint density at radius 1 is 1.08 bits per heavy atom. The van der Waals surface area contributed by atoms with Crippen molar-refractivity contribution in [3.05, 3.63) is 83.4 Å². The number of nitrogens with zero attached hydrogens (tertiary/aromatic N) is 4. The van der Waals surface area contributed by atoms with Crippen molar-refractivity contribution in [1.82, 2.24) is 18.6 Å². The maximum atomic E-state index is 14.1. The van der Waals surface area contributed by atoms with Crippen molar-refractivity contribution in [3.8, 4) is 5.69 Å². The maximum Gasteiger partial charge on any atom is 0.329 e. The summed E-state index contributed by atoms with van der Waals surface area (Å²) in [6, 6.07) is 18.1. The molecular weight excluding hydrogens is 474 g/mol. The fourth-order valence-corrected chi connectivity index (χ4v) is 6.30. The van der Waals surface area contributed by atoms with Gasteiger partial charge in [0.15, 0.2) is 16.9 Å². The minimum absolute atomic E-state index is 0.0502. The normalized spacial score (nSPS) is 19.5. The number of carbonyl (C=O) groups excluding carboxylic acids is 2. The second-order valence-electron chi connectivity index (χ2n) is 8.88. The van der Waals surface area contributed by atoms with Gasteiger partial charge in [0, 0.05) is 37.8 Å². The molecule has 184 valence electrons. The molecule has 1 aliphatic rings. The molecule has 2 amide bonds. The van der Waals surface area contributed by atoms with Crippen LogP contribution >= 0.6 is 11.8 Å². The van der Waals surface area contributed by atoms with Crippen LogP contribution in [0.5, 0.6) is 0 Å². The first-order valence-electron chi connectivity index (χ1n) is 12.0. The van der Waals surface area contributed by atoms with Crippen LogP contribution in [0.4, 0.5) is 5.69 Å². The lowest BCUT2D eigenvalue weighted by molar-refractivity contribution is -0.134. The summed E-state index contributed by atoms with van der Waals surface area (Å²) in [4.78, 5) is 44.5. The summed E-state index contributed by atoms with van der Waals surface area (Å²) < 4.78 is 3.40. The lowest BCUT2D eigenvalue weighted by Gasteiger charge is -2.36. The summed E-state index contributed by atoms with van der Waals surface area (Å²) in [7, 11) is 0. The molecule has 5 rings (SSSR count). The summed E-state index contributed by atoms with van der Waals surface area (Å²) in [5, 5.41) is 1.04. The van der Waals surface area contributed by atoms with E-state index in [0.29, 0.717) is 42.0 Å². The second kappa shape index (κ2) is 9.75. The number of benzene rings is 2. The van der Waals surface area contributed by atoms with Crippen molar-refractivity contribution in [1.29, 1.82) is 0 Å². The molecule has 2 atom stereocenters. The van der Waals surface area contributed by atoms with Crippen LogP contribution in [0, 0.1) is 0 Å². The fraction of sp³-hybridized carbons (Fsp3) is 0.259. The molecule has 3 heterocycles. The van der Waals surface area contributed by atoms with Gasteiger partial charge in [0.2, 0.25) is 0 Å². The first kappa shape index (κ1) is 24.0. The molecule has 2 N–H and O–H groups in total. The first-order valence-corrected chi connectivity index (χ1v) is 13.0. The summed E-state index contributed by atoms with van der Waals surface area (Å²) in [5.41, 5.74) is 7.93. The highest BCUT2D eigenvalue weighted by Gasteiger charge is 2.53. The van der Waals surface area contributed by atoms with Crippen molar-refractivity contribution < 1.29 is 9.59 Å². The highest BCUT2D eigenvalue weighted by molar-refractivity contribution is 7.99. The van der Waals surface area contributed by atoms with E-state index in [9.17, 15) is 14.4 Å². The predicted molar refractivity (Wildman–Crippen MR) is 142 cm³/mol. The van der Waals surface area contributed by atoms with E-state index in [-0.39, 0.29) is 21.7 Å². The van der Waals surface area contributed by atoms with E-state index in [1.807, 2.05) is 72.4 Å². The van der Waals surface area contributed by atoms with Gasteiger partial charge in [0.1, 0.15) is 11.4 Å². The molecule has 0 bridgehead atoms. The minimum Gasteiger partial charge on any atom is -0.364 e. The number of fused-ring (bicyclic) bond motifs is 1. The average Bonchev–Trinajstić information content (AvgIpc) is 3.59. The van der Waals surface area contributed by atoms with Crippen LogP contribution in [0.2, 0.25) is 0 Å². The zero-order chi connectivity index (χ0) is 25.3. The van der Waals surface area contributed by atoms with E-state index in [1.165, 1.54) is 11.8 Å². The number of primary amides is 1. The number of thioether (sulfide) groups is 1. The van der Waals surface area contributed by atoms with E-state index < -0.39 is 11.9 Å². The Morgan fingerprint density at radius 3 is 2.56 bits per heavy atom. The first-order chi connectivity index (χ1) is 17.5. The zero-order valence-corrected chi connectivity index (χ0v) is 20.9. The smallest absolute Gasteiger partial charge is 0.329 e. The Balaban J connectivity index is 1.57. The van der Waals surface area contributed by atoms with Crippen molar-refractivity contribution in [2.24, 2.45) is 5.73 Å². The number of nitrogens with two attached hydrogens (primary N) is 1. The van der Waals surface area contributed by atoms with Crippen LogP contribution in [0.15, 0.2) is 83.0 Å². The van der Waals surface area contributed by atoms with Gasteiger partial charge in [-0.15, -0.1) is 0 Å². The Morgan fingerprint density at radius 2 is 1.81 bits per heavy atom. The van der Waals surface area contributed by atoms with Crippen LogP contribution in [0.25, 0.3) is 16.6 Å². The highest BCUT2D eigenvalue weighted by atomic mass is 32.2. The largest absolute Gasteiger partial charge is 0.364 e. The number of aromatic nitrogens is 3. The second-order valence-corrected chi connectivity index (χ2v) is 9.82. The number of rotatable bonds is 7. The molecule has 1 unspecified atom stereocenters. The van der Waals surface area contributed by atoms with Gasteiger partial charge in [0.25, 0.3) is 11.5 Å². The van der Waals surface area contributed by atoms with Gasteiger partial charge in [-0.3, -0.25) is 14.2 Å². The third kappa shape index (κ3) is 3.94. The van der Waals surface area contributed by atoms with Crippen molar-refractivity contribution in [2.75, 3.05) is 12.3 Å². The molecule has 9 heteroatoms. The van der Waals surface area contributed by atoms with Gasteiger partial charge in [-0.1, -0.05) is 36.0 Å². The standard InChI is InChI=1S/C27H27N5O3S/c1-2-31-26(35)19-10-3-4-11-20(19)29-27(31)36-18-24(33)32(17-9-14-23(32)25(28)34)22-13-6-5-12-21(22)30-15-7-8-16-30/h3-8,10-13,15-16,23H,2,9,14,17-18H2,1H3,(H-,28,34)/p+1/t23-,32?/m0/s1. The summed E-state index contributed by atoms with van der Waals surface area (Å²) >= 11 is 1.23. The molecule has 0 aliphatic carbocycles. The third-order valence-electron chi connectivity index (χ3n) is 6.96. The summed E-state index contributed by atoms with van der Waals surface area (Å²) in [6.45, 7) is 2.80. The molecule has 2 aromatic heterocycles. The molecule has 0 spiro atoms. The van der Waals surface area contributed by atoms with E-state index in [1.54, 1.807) is 16.7 Å². The monoisotopic (exact) mass is 502 g/mol. The van der Waals surface area contributed by atoms with Crippen molar-refractivity contribution >= 4 is 40.2 Å². The van der Waals surface area contributed by atoms with E-state index in [0.717, 1.165) is 11.4 Å². The molecule has 4 aromatic rings. The Hall–Kier alpha value is -3.69. The predicted octanol–water partition coefficient (Wildman–Crippen LogP) is 3.48. The number of carbonyl (C=O) groups is 2. The molecule has 36 heavy (non-hydrogen) atoms. The Bertz CT molecular complexity index is 1500. The zero-order valence-electron chi connectivity index (χ0n) is 20.0. The molecular formula is C27H28N5O3S+. The number of hydrogen-bond donors (Lipinski definition) is 1. The summed E-state index contributed by atoms with van der Waals surface area (Å²) in [5.74, 6) is -0.567. The molecule has 1 saturated heterocycles. The van der Waals surface area contributed by atoms with Gasteiger partial charge in [-0.2, -0.15) is 0 Å². The Kier molecular flexibility index (Phi) is 6.51. The van der Waals surface area contributed by atoms with E-state index in [4.69, 9.17) is 5.73 Å². The Labute approximate surface area is 212 Å². The number of hydrogen-bond acceptors (Lipinski definition) is 5. The molecule has 1 fully saturated rings. The quantitative estimate of drug-likeness (QED) is 0.237. The third-order valence-corrected chi connectivity index (χ3v) is 7.92. The maximum absolute atomic E-state index is 14.1. The molecule has 8 nitrogen and oxygen atoms in total. The number of quaternary nitrogens is 1. The van der Waals surface area contributed by atoms with Crippen LogP contribution in [0.1, 0.15) is 19.8 Å². The average molecular weight is 503 g/mol. The van der Waals surface area contributed by atoms with Crippen LogP contribution in [-0.4, -0.2) is 44.3 Å². The van der Waals surface area contributed by atoms with Gasteiger partial charge in [-0.05, 0) is 37.3 Å². The highest BCUT2D eigenvalue weighted by Crippen LogP contribution is 2.40. The van der Waals surface area contributed by atoms with Crippen LogP contribution in [0.3, 0.4) is 0 Å². The lowest BCUT2D eigenvalue weighted by atomic mass is 10.1. The van der Waals surface area contributed by atoms with Crippen LogP contribution < -0.4 is 15.8 Å². The fourth-order valence-electron chi connectivity index (χ4n) is 5.28. The minimum atomic E-state index is -0.659. The van der Waals surface area contributed by atoms with Gasteiger partial charge in [-0.25, -0.2) is 14.3 Å². The topological polar surface area (TPSA) is 100.0 Å². The molecule has 0 saturated carbocycles. The van der Waals surface area contributed by atoms with Gasteiger partial charge < -0.3 is 10.3 Å². The molecule has 2 aromatic carbocycles. The van der Waals surface area contributed by atoms with E-state index in [2.05, 4.69) is 4.98 Å². The number of amides is 2. The molecule has 0 radical (unpaired) electrons. The van der Waals surface area contributed by atoms with Crippen molar-refractivity contribution in [3.63, 3.8) is 0 Å². The van der Waals surface area contributed by atoms with Gasteiger partial charge in [0.05, 0.1) is 17.4 Å². The van der Waals surface area contributed by atoms with Gasteiger partial charge >= 0.3 is 5.91 Å². The van der Waals surface area contributed by atoms with E-state index >= 15 is 0 Å². The SMILES string of the molecule is CCn1c(SCC(=O)[N+]2(c3ccccc3-n3cccc3)CCC[C@H]2C(N)=O)nc2ccccc2c1=O. The molecule has 1 aliphatic heterocycles. The van der Waals surface area contributed by atoms with Crippen LogP contribution in [-0.2, 0) is 16.1 Å². The lowest BCUT2D eigenvalue weighted by Crippen LogP contribution is -2.62. The number of para-hydroxylation sites is 3. The summed E-state index contributed by atoms with van der Waals surface area (Å²) in [6.07, 6.45) is 5.09. The van der Waals surface area contributed by atoms with Crippen molar-refractivity contribution in [2.45, 2.75) is 37.5 Å². The number of likely N-dealkylation sites (tertiary alicyclic amines) is 1.